The van der Waals surface area contributed by atoms with Crippen LogP contribution < -0.4 is 10.7 Å². The van der Waals surface area contributed by atoms with E-state index in [1.807, 2.05) is 31.2 Å². The third-order valence-electron chi connectivity index (χ3n) is 4.86. The van der Waals surface area contributed by atoms with Crippen LogP contribution in [-0.2, 0) is 17.6 Å². The molecule has 0 saturated heterocycles. The van der Waals surface area contributed by atoms with Gasteiger partial charge in [-0.2, -0.15) is 5.10 Å². The van der Waals surface area contributed by atoms with Crippen molar-refractivity contribution in [1.29, 1.82) is 0 Å². The van der Waals surface area contributed by atoms with E-state index in [9.17, 15) is 14.4 Å². The van der Waals surface area contributed by atoms with Crippen molar-refractivity contribution in [2.24, 2.45) is 0 Å². The lowest BCUT2D eigenvalue weighted by molar-refractivity contribution is 0.0601. The third-order valence-corrected chi connectivity index (χ3v) is 6.07. The Hall–Kier alpha value is -3.26. The number of nitrogens with one attached hydrogen (secondary N) is 1. The minimum Gasteiger partial charge on any atom is -0.465 e. The molecule has 1 aliphatic carbocycles. The van der Waals surface area contributed by atoms with Crippen molar-refractivity contribution in [1.82, 2.24) is 9.78 Å². The number of anilines is 1. The van der Waals surface area contributed by atoms with Crippen LogP contribution in [0, 0.1) is 6.92 Å². The van der Waals surface area contributed by atoms with Gasteiger partial charge in [0.05, 0.1) is 18.4 Å². The summed E-state index contributed by atoms with van der Waals surface area (Å²) in [4.78, 5) is 38.4. The van der Waals surface area contributed by atoms with E-state index in [0.29, 0.717) is 10.6 Å². The van der Waals surface area contributed by atoms with Gasteiger partial charge in [-0.05, 0) is 43.9 Å². The van der Waals surface area contributed by atoms with Crippen molar-refractivity contribution in [2.45, 2.75) is 26.2 Å². The van der Waals surface area contributed by atoms with Gasteiger partial charge in [0.15, 0.2) is 5.69 Å². The van der Waals surface area contributed by atoms with Crippen LogP contribution in [0.15, 0.2) is 41.3 Å². The lowest BCUT2D eigenvalue weighted by Gasteiger charge is -2.09. The van der Waals surface area contributed by atoms with Crippen molar-refractivity contribution in [2.75, 3.05) is 12.4 Å². The molecule has 1 N–H and O–H groups in total. The van der Waals surface area contributed by atoms with Crippen LogP contribution >= 0.6 is 11.3 Å². The number of ether oxygens (including phenoxy) is 1. The lowest BCUT2D eigenvalue weighted by atomic mass is 10.1. The number of rotatable bonds is 4. The van der Waals surface area contributed by atoms with Crippen molar-refractivity contribution in [3.05, 3.63) is 74.0 Å². The molecule has 2 heterocycles. The second kappa shape index (κ2) is 7.63. The van der Waals surface area contributed by atoms with Crippen LogP contribution in [0.1, 0.15) is 43.3 Å². The largest absolute Gasteiger partial charge is 0.465 e. The summed E-state index contributed by atoms with van der Waals surface area (Å²) in [6, 6.07) is 8.86. The fourth-order valence-corrected chi connectivity index (χ4v) is 4.65. The molecule has 0 bridgehead atoms. The van der Waals surface area contributed by atoms with E-state index in [0.717, 1.165) is 41.0 Å². The number of nitrogens with zero attached hydrogens (tertiary/aromatic N) is 2. The molecule has 0 radical (unpaired) electrons. The monoisotopic (exact) mass is 409 g/mol. The number of carbonyl (C=O) groups excluding carboxylic acids is 2. The molecule has 1 aromatic carbocycles. The maximum atomic E-state index is 12.8. The van der Waals surface area contributed by atoms with Gasteiger partial charge in [0, 0.05) is 17.1 Å². The highest BCUT2D eigenvalue weighted by Gasteiger charge is 2.28. The molecular weight excluding hydrogens is 390 g/mol. The first-order chi connectivity index (χ1) is 14.0. The summed E-state index contributed by atoms with van der Waals surface area (Å²) < 4.78 is 6.37. The van der Waals surface area contributed by atoms with Crippen LogP contribution in [0.2, 0.25) is 0 Å². The molecule has 4 rings (SSSR count). The summed E-state index contributed by atoms with van der Waals surface area (Å²) in [5, 5.41) is 7.31. The molecular formula is C21H19N3O4S. The number of methoxy groups -OCH3 is 1. The summed E-state index contributed by atoms with van der Waals surface area (Å²) in [7, 11) is 1.31. The van der Waals surface area contributed by atoms with Crippen LogP contribution in [-0.4, -0.2) is 28.8 Å². The average Bonchev–Trinajstić information content (AvgIpc) is 3.29. The second-order valence-corrected chi connectivity index (χ2v) is 7.92. The van der Waals surface area contributed by atoms with E-state index in [2.05, 4.69) is 10.4 Å². The molecule has 3 aromatic rings. The second-order valence-electron chi connectivity index (χ2n) is 6.82. The smallest absolute Gasteiger partial charge is 0.341 e. The van der Waals surface area contributed by atoms with Gasteiger partial charge in [0.1, 0.15) is 5.00 Å². The average molecular weight is 409 g/mol. The normalized spacial score (nSPS) is 12.5. The van der Waals surface area contributed by atoms with E-state index in [-0.39, 0.29) is 5.69 Å². The lowest BCUT2D eigenvalue weighted by Crippen LogP contribution is -2.25. The molecule has 0 unspecified atom stereocenters. The van der Waals surface area contributed by atoms with E-state index in [1.54, 1.807) is 0 Å². The molecule has 0 aliphatic heterocycles. The van der Waals surface area contributed by atoms with Gasteiger partial charge in [-0.15, -0.1) is 11.3 Å². The number of esters is 1. The van der Waals surface area contributed by atoms with Crippen LogP contribution in [0.5, 0.6) is 0 Å². The van der Waals surface area contributed by atoms with Gasteiger partial charge in [-0.3, -0.25) is 9.59 Å². The van der Waals surface area contributed by atoms with E-state index < -0.39 is 17.3 Å². The number of carbonyl (C=O) groups is 2. The maximum Gasteiger partial charge on any atom is 0.341 e. The third kappa shape index (κ3) is 3.58. The Kier molecular flexibility index (Phi) is 5.02. The Morgan fingerprint density at radius 1 is 1.17 bits per heavy atom. The van der Waals surface area contributed by atoms with Gasteiger partial charge in [-0.1, -0.05) is 17.7 Å². The minimum atomic E-state index is -0.651. The zero-order chi connectivity index (χ0) is 20.5. The van der Waals surface area contributed by atoms with Crippen LogP contribution in [0.4, 0.5) is 5.00 Å². The SMILES string of the molecule is COC(=O)c1c(NC(=O)c2nn(-c3ccc(C)cc3)ccc2=O)sc2c1CCC2. The maximum absolute atomic E-state index is 12.8. The molecule has 1 aliphatic rings. The number of hydrogen-bond acceptors (Lipinski definition) is 6. The molecule has 148 valence electrons. The number of aryl methyl sites for hydroxylation is 2. The van der Waals surface area contributed by atoms with Crippen molar-refractivity contribution in [3.8, 4) is 5.69 Å². The van der Waals surface area contributed by atoms with E-state index >= 15 is 0 Å². The number of hydrogen-bond donors (Lipinski definition) is 1. The van der Waals surface area contributed by atoms with Gasteiger partial charge in [-0.25, -0.2) is 9.48 Å². The predicted molar refractivity (Wildman–Crippen MR) is 110 cm³/mol. The summed E-state index contributed by atoms with van der Waals surface area (Å²) in [5.74, 6) is -1.14. The van der Waals surface area contributed by atoms with Crippen molar-refractivity contribution >= 4 is 28.2 Å². The molecule has 8 heteroatoms. The molecule has 0 atom stereocenters. The topological polar surface area (TPSA) is 90.3 Å². The Bertz CT molecular complexity index is 1160. The highest BCUT2D eigenvalue weighted by atomic mass is 32.1. The fourth-order valence-electron chi connectivity index (χ4n) is 3.38. The standard InChI is InChI=1S/C21H19N3O4S/c1-12-6-8-13(9-7-12)24-11-10-15(25)18(23-24)19(26)22-20-17(21(27)28-2)14-4-3-5-16(14)29-20/h6-11H,3-5H2,1-2H3,(H,22,26). The summed E-state index contributed by atoms with van der Waals surface area (Å²) in [6.07, 6.45) is 4.13. The zero-order valence-corrected chi connectivity index (χ0v) is 16.8. The molecule has 29 heavy (non-hydrogen) atoms. The predicted octanol–water partition coefficient (Wildman–Crippen LogP) is 3.13. The molecule has 1 amide bonds. The van der Waals surface area contributed by atoms with E-state index in [4.69, 9.17) is 4.74 Å². The first kappa shape index (κ1) is 19.1. The van der Waals surface area contributed by atoms with E-state index in [1.165, 1.54) is 35.4 Å². The number of amides is 1. The Balaban J connectivity index is 1.68. The molecule has 7 nitrogen and oxygen atoms in total. The van der Waals surface area contributed by atoms with Crippen molar-refractivity contribution < 1.29 is 14.3 Å². The molecule has 0 fully saturated rings. The highest BCUT2D eigenvalue weighted by Crippen LogP contribution is 2.39. The number of fused-ring (bicyclic) bond motifs is 1. The van der Waals surface area contributed by atoms with Gasteiger partial charge in [0.2, 0.25) is 5.43 Å². The Labute approximate surface area is 171 Å². The Morgan fingerprint density at radius 2 is 1.93 bits per heavy atom. The first-order valence-corrected chi connectivity index (χ1v) is 10.0. The quantitative estimate of drug-likeness (QED) is 0.669. The first-order valence-electron chi connectivity index (χ1n) is 9.19. The van der Waals surface area contributed by atoms with Crippen LogP contribution in [0.25, 0.3) is 5.69 Å². The number of thiophene rings is 1. The molecule has 0 saturated carbocycles. The fraction of sp³-hybridized carbons (Fsp3) is 0.238. The number of benzene rings is 1. The number of aromatic nitrogens is 2. The van der Waals surface area contributed by atoms with Gasteiger partial charge < -0.3 is 10.1 Å². The summed E-state index contributed by atoms with van der Waals surface area (Å²) in [5.41, 5.74) is 2.40. The molecule has 2 aromatic heterocycles. The van der Waals surface area contributed by atoms with Crippen molar-refractivity contribution in [3.63, 3.8) is 0 Å². The molecule has 0 spiro atoms. The zero-order valence-electron chi connectivity index (χ0n) is 16.0. The highest BCUT2D eigenvalue weighted by molar-refractivity contribution is 7.17. The summed E-state index contributed by atoms with van der Waals surface area (Å²) >= 11 is 1.35. The van der Waals surface area contributed by atoms with Crippen LogP contribution in [0.3, 0.4) is 0 Å². The van der Waals surface area contributed by atoms with Gasteiger partial charge >= 0.3 is 5.97 Å². The van der Waals surface area contributed by atoms with Gasteiger partial charge in [0.25, 0.3) is 5.91 Å². The summed E-state index contributed by atoms with van der Waals surface area (Å²) in [6.45, 7) is 1.97. The Morgan fingerprint density at radius 3 is 2.66 bits per heavy atom. The minimum absolute atomic E-state index is 0.238.